The minimum Gasteiger partial charge on any atom is -0.310 e. The van der Waals surface area contributed by atoms with Crippen LogP contribution >= 0.6 is 0 Å². The van der Waals surface area contributed by atoms with E-state index in [1.54, 1.807) is 12.1 Å². The Kier molecular flexibility index (Phi) is 7.03. The highest BCUT2D eigenvalue weighted by Crippen LogP contribution is 2.25. The predicted molar refractivity (Wildman–Crippen MR) is 79.8 cm³/mol. The van der Waals surface area contributed by atoms with Crippen molar-refractivity contribution in [2.75, 3.05) is 26.2 Å². The molecule has 19 heavy (non-hydrogen) atoms. The first-order chi connectivity index (χ1) is 9.13. The molecule has 1 aromatic rings. The lowest BCUT2D eigenvalue weighted by Crippen LogP contribution is -2.36. The summed E-state index contributed by atoms with van der Waals surface area (Å²) in [6, 6.07) is 7.17. The topological polar surface area (TPSA) is 15.3 Å². The number of nitrogens with zero attached hydrogens (tertiary/aromatic N) is 1. The number of nitrogens with one attached hydrogen (secondary N) is 1. The molecular formula is C16H27FN2. The molecule has 0 radical (unpaired) electrons. The maximum Gasteiger partial charge on any atom is 0.127 e. The van der Waals surface area contributed by atoms with E-state index in [2.05, 4.69) is 37.9 Å². The summed E-state index contributed by atoms with van der Waals surface area (Å²) in [5.41, 5.74) is 0.781. The third kappa shape index (κ3) is 4.59. The van der Waals surface area contributed by atoms with E-state index in [0.717, 1.165) is 31.7 Å². The molecule has 0 aliphatic carbocycles. The van der Waals surface area contributed by atoms with Crippen molar-refractivity contribution < 1.29 is 4.39 Å². The highest BCUT2D eigenvalue weighted by molar-refractivity contribution is 5.22. The molecule has 2 nitrogen and oxygen atoms in total. The molecule has 0 bridgehead atoms. The lowest BCUT2D eigenvalue weighted by atomic mass is 9.93. The fourth-order valence-corrected chi connectivity index (χ4v) is 2.56. The van der Waals surface area contributed by atoms with Crippen LogP contribution in [0.1, 0.15) is 39.3 Å². The summed E-state index contributed by atoms with van der Waals surface area (Å²) in [6.07, 6.45) is 0. The molecule has 0 aliphatic heterocycles. The van der Waals surface area contributed by atoms with E-state index in [1.807, 2.05) is 12.1 Å². The molecule has 0 aromatic heterocycles. The Morgan fingerprint density at radius 2 is 1.79 bits per heavy atom. The Morgan fingerprint density at radius 1 is 1.16 bits per heavy atom. The lowest BCUT2D eigenvalue weighted by Gasteiger charge is -2.30. The number of benzene rings is 1. The van der Waals surface area contributed by atoms with Gasteiger partial charge >= 0.3 is 0 Å². The lowest BCUT2D eigenvalue weighted by molar-refractivity contribution is 0.227. The molecule has 1 N–H and O–H groups in total. The average molecular weight is 266 g/mol. The smallest absolute Gasteiger partial charge is 0.127 e. The van der Waals surface area contributed by atoms with Crippen LogP contribution in [0.3, 0.4) is 0 Å². The summed E-state index contributed by atoms with van der Waals surface area (Å²) in [4.78, 5) is 2.38. The fraction of sp³-hybridized carbons (Fsp3) is 0.625. The predicted octanol–water partition coefficient (Wildman–Crippen LogP) is 3.45. The third-order valence-electron chi connectivity index (χ3n) is 3.67. The SMILES string of the molecule is CCNC(c1ccccc1F)C(C)CN(CC)CC. The summed E-state index contributed by atoms with van der Waals surface area (Å²) in [5, 5.41) is 3.43. The van der Waals surface area contributed by atoms with E-state index < -0.39 is 0 Å². The first-order valence-electron chi connectivity index (χ1n) is 7.34. The fourth-order valence-electron chi connectivity index (χ4n) is 2.56. The summed E-state index contributed by atoms with van der Waals surface area (Å²) < 4.78 is 14.0. The Bertz CT molecular complexity index is 364. The van der Waals surface area contributed by atoms with Crippen LogP contribution in [0, 0.1) is 11.7 Å². The van der Waals surface area contributed by atoms with Crippen molar-refractivity contribution in [1.29, 1.82) is 0 Å². The van der Waals surface area contributed by atoms with Gasteiger partial charge in [0, 0.05) is 18.2 Å². The molecule has 0 heterocycles. The zero-order chi connectivity index (χ0) is 14.3. The molecule has 0 fully saturated rings. The van der Waals surface area contributed by atoms with E-state index in [1.165, 1.54) is 0 Å². The summed E-state index contributed by atoms with van der Waals surface area (Å²) in [6.45, 7) is 12.5. The molecule has 1 aromatic carbocycles. The highest BCUT2D eigenvalue weighted by Gasteiger charge is 2.22. The van der Waals surface area contributed by atoms with Gasteiger partial charge in [-0.15, -0.1) is 0 Å². The second-order valence-corrected chi connectivity index (χ2v) is 5.02. The molecule has 0 saturated carbocycles. The van der Waals surface area contributed by atoms with Crippen molar-refractivity contribution in [3.63, 3.8) is 0 Å². The average Bonchev–Trinajstić information content (AvgIpc) is 2.43. The number of halogens is 1. The van der Waals surface area contributed by atoms with E-state index in [4.69, 9.17) is 0 Å². The zero-order valence-electron chi connectivity index (χ0n) is 12.6. The largest absolute Gasteiger partial charge is 0.310 e. The van der Waals surface area contributed by atoms with Gasteiger partial charge in [-0.2, -0.15) is 0 Å². The van der Waals surface area contributed by atoms with Gasteiger partial charge in [0.05, 0.1) is 0 Å². The Balaban J connectivity index is 2.85. The maximum absolute atomic E-state index is 14.0. The third-order valence-corrected chi connectivity index (χ3v) is 3.67. The minimum atomic E-state index is -0.111. The minimum absolute atomic E-state index is 0.0757. The van der Waals surface area contributed by atoms with Crippen LogP contribution in [0.4, 0.5) is 4.39 Å². The van der Waals surface area contributed by atoms with Crippen molar-refractivity contribution in [2.24, 2.45) is 5.92 Å². The van der Waals surface area contributed by atoms with Gasteiger partial charge in [-0.25, -0.2) is 4.39 Å². The van der Waals surface area contributed by atoms with Gasteiger partial charge in [0.25, 0.3) is 0 Å². The first kappa shape index (κ1) is 16.1. The van der Waals surface area contributed by atoms with Crippen molar-refractivity contribution >= 4 is 0 Å². The van der Waals surface area contributed by atoms with Gasteiger partial charge < -0.3 is 10.2 Å². The van der Waals surface area contributed by atoms with E-state index >= 15 is 0 Å². The van der Waals surface area contributed by atoms with Crippen LogP contribution < -0.4 is 5.32 Å². The number of rotatable bonds is 8. The molecule has 0 spiro atoms. The van der Waals surface area contributed by atoms with Crippen LogP contribution in [0.15, 0.2) is 24.3 Å². The molecule has 1 rings (SSSR count). The van der Waals surface area contributed by atoms with Crippen molar-refractivity contribution in [1.82, 2.24) is 10.2 Å². The van der Waals surface area contributed by atoms with Crippen LogP contribution in [0.25, 0.3) is 0 Å². The summed E-state index contributed by atoms with van der Waals surface area (Å²) in [7, 11) is 0. The van der Waals surface area contributed by atoms with Crippen LogP contribution in [0.5, 0.6) is 0 Å². The normalized spacial score (nSPS) is 14.6. The van der Waals surface area contributed by atoms with E-state index in [9.17, 15) is 4.39 Å². The van der Waals surface area contributed by atoms with Crippen LogP contribution in [0.2, 0.25) is 0 Å². The van der Waals surface area contributed by atoms with Crippen LogP contribution in [-0.2, 0) is 0 Å². The molecule has 2 unspecified atom stereocenters. The quantitative estimate of drug-likeness (QED) is 0.775. The Morgan fingerprint density at radius 3 is 2.32 bits per heavy atom. The first-order valence-corrected chi connectivity index (χ1v) is 7.34. The second kappa shape index (κ2) is 8.28. The van der Waals surface area contributed by atoms with Crippen molar-refractivity contribution in [3.8, 4) is 0 Å². The van der Waals surface area contributed by atoms with Gasteiger partial charge in [0.1, 0.15) is 5.82 Å². The van der Waals surface area contributed by atoms with Crippen molar-refractivity contribution in [3.05, 3.63) is 35.6 Å². The summed E-state index contributed by atoms with van der Waals surface area (Å²) in [5.74, 6) is 0.261. The van der Waals surface area contributed by atoms with E-state index in [-0.39, 0.29) is 11.9 Å². The molecule has 0 aliphatic rings. The van der Waals surface area contributed by atoms with Crippen LogP contribution in [-0.4, -0.2) is 31.1 Å². The molecule has 0 amide bonds. The van der Waals surface area contributed by atoms with Crippen molar-refractivity contribution in [2.45, 2.75) is 33.7 Å². The molecule has 3 heteroatoms. The zero-order valence-corrected chi connectivity index (χ0v) is 12.6. The highest BCUT2D eigenvalue weighted by atomic mass is 19.1. The monoisotopic (exact) mass is 266 g/mol. The van der Waals surface area contributed by atoms with Gasteiger partial charge in [-0.1, -0.05) is 45.9 Å². The standard InChI is InChI=1S/C16H27FN2/c1-5-18-16(13(4)12-19(6-2)7-3)14-10-8-9-11-15(14)17/h8-11,13,16,18H,5-7,12H2,1-4H3. The summed E-state index contributed by atoms with van der Waals surface area (Å²) >= 11 is 0. The van der Waals surface area contributed by atoms with Gasteiger partial charge in [-0.05, 0) is 31.6 Å². The van der Waals surface area contributed by atoms with Gasteiger partial charge in [-0.3, -0.25) is 0 Å². The van der Waals surface area contributed by atoms with Gasteiger partial charge in [0.2, 0.25) is 0 Å². The number of hydrogen-bond acceptors (Lipinski definition) is 2. The van der Waals surface area contributed by atoms with Gasteiger partial charge in [0.15, 0.2) is 0 Å². The Labute approximate surface area is 117 Å². The maximum atomic E-state index is 14.0. The van der Waals surface area contributed by atoms with E-state index in [0.29, 0.717) is 5.92 Å². The molecule has 2 atom stereocenters. The molecule has 0 saturated heterocycles. The Hall–Kier alpha value is -0.930. The number of hydrogen-bond donors (Lipinski definition) is 1. The second-order valence-electron chi connectivity index (χ2n) is 5.02. The molecular weight excluding hydrogens is 239 g/mol. The molecule has 108 valence electrons.